The Bertz CT molecular complexity index is 426. The minimum Gasteiger partial charge on any atom is -0.253 e. The molecule has 0 aliphatic rings. The summed E-state index contributed by atoms with van der Waals surface area (Å²) in [5.74, 6) is 0. The van der Waals surface area contributed by atoms with E-state index in [1.165, 1.54) is 0 Å². The Labute approximate surface area is 75.2 Å². The molecular formula is C9H7ClN2. The Morgan fingerprint density at radius 2 is 2.08 bits per heavy atom. The molecule has 0 N–H and O–H groups in total. The third-order valence-electron chi connectivity index (χ3n) is 1.71. The average Bonchev–Trinajstić information content (AvgIpc) is 2.04. The highest BCUT2D eigenvalue weighted by molar-refractivity contribution is 6.34. The normalized spacial score (nSPS) is 10.5. The lowest BCUT2D eigenvalue weighted by molar-refractivity contribution is 1.24. The van der Waals surface area contributed by atoms with Gasteiger partial charge in [0.1, 0.15) is 5.15 Å². The van der Waals surface area contributed by atoms with Gasteiger partial charge in [0.15, 0.2) is 0 Å². The maximum atomic E-state index is 5.86. The number of fused-ring (bicyclic) bond motifs is 1. The number of halogens is 1. The van der Waals surface area contributed by atoms with Gasteiger partial charge in [-0.25, -0.2) is 4.98 Å². The Morgan fingerprint density at radius 3 is 2.92 bits per heavy atom. The molecule has 2 nitrogen and oxygen atoms in total. The number of hydrogen-bond acceptors (Lipinski definition) is 2. The van der Waals surface area contributed by atoms with Gasteiger partial charge in [-0.3, -0.25) is 4.98 Å². The van der Waals surface area contributed by atoms with Gasteiger partial charge < -0.3 is 0 Å². The first kappa shape index (κ1) is 7.50. The third-order valence-corrected chi connectivity index (χ3v) is 2.01. The zero-order valence-corrected chi connectivity index (χ0v) is 7.34. The van der Waals surface area contributed by atoms with Crippen molar-refractivity contribution in [2.24, 2.45) is 0 Å². The van der Waals surface area contributed by atoms with Crippen molar-refractivity contribution in [3.05, 3.63) is 35.2 Å². The molecule has 0 atom stereocenters. The zero-order chi connectivity index (χ0) is 8.55. The minimum atomic E-state index is 0.514. The van der Waals surface area contributed by atoms with E-state index >= 15 is 0 Å². The maximum Gasteiger partial charge on any atom is 0.138 e. The Morgan fingerprint density at radius 1 is 1.25 bits per heavy atom. The van der Waals surface area contributed by atoms with Gasteiger partial charge in [-0.1, -0.05) is 11.6 Å². The molecule has 0 radical (unpaired) electrons. The summed E-state index contributed by atoms with van der Waals surface area (Å²) in [5, 5.41) is 1.42. The largest absolute Gasteiger partial charge is 0.253 e. The van der Waals surface area contributed by atoms with Crippen LogP contribution in [0.15, 0.2) is 24.4 Å². The number of aryl methyl sites for hydroxylation is 1. The minimum absolute atomic E-state index is 0.514. The molecule has 0 bridgehead atoms. The number of nitrogens with zero attached hydrogens (tertiary/aromatic N) is 2. The van der Waals surface area contributed by atoms with E-state index in [9.17, 15) is 0 Å². The average molecular weight is 179 g/mol. The first-order valence-electron chi connectivity index (χ1n) is 3.65. The molecule has 0 saturated heterocycles. The zero-order valence-electron chi connectivity index (χ0n) is 6.58. The predicted molar refractivity (Wildman–Crippen MR) is 49.3 cm³/mol. The van der Waals surface area contributed by atoms with Crippen LogP contribution in [0, 0.1) is 6.92 Å². The first-order valence-corrected chi connectivity index (χ1v) is 4.03. The molecular weight excluding hydrogens is 172 g/mol. The molecule has 0 aromatic carbocycles. The maximum absolute atomic E-state index is 5.86. The van der Waals surface area contributed by atoms with Crippen molar-refractivity contribution in [1.82, 2.24) is 9.97 Å². The molecule has 0 saturated carbocycles. The van der Waals surface area contributed by atoms with E-state index < -0.39 is 0 Å². The number of rotatable bonds is 0. The highest BCUT2D eigenvalue weighted by Crippen LogP contribution is 2.18. The smallest absolute Gasteiger partial charge is 0.138 e. The lowest BCUT2D eigenvalue weighted by Gasteiger charge is -1.98. The van der Waals surface area contributed by atoms with Crippen molar-refractivity contribution in [3.8, 4) is 0 Å². The van der Waals surface area contributed by atoms with Gasteiger partial charge in [0, 0.05) is 17.3 Å². The van der Waals surface area contributed by atoms with Gasteiger partial charge in [0.05, 0.1) is 5.52 Å². The molecule has 0 fully saturated rings. The van der Waals surface area contributed by atoms with Gasteiger partial charge in [-0.05, 0) is 25.1 Å². The van der Waals surface area contributed by atoms with E-state index in [0.29, 0.717) is 5.15 Å². The molecule has 3 heteroatoms. The van der Waals surface area contributed by atoms with Crippen molar-refractivity contribution in [2.75, 3.05) is 0 Å². The Kier molecular flexibility index (Phi) is 1.70. The molecule has 0 spiro atoms. The first-order chi connectivity index (χ1) is 5.77. The number of aromatic nitrogens is 2. The summed E-state index contributed by atoms with van der Waals surface area (Å²) >= 11 is 5.86. The van der Waals surface area contributed by atoms with Crippen molar-refractivity contribution in [3.63, 3.8) is 0 Å². The van der Waals surface area contributed by atoms with Crippen LogP contribution in [0.5, 0.6) is 0 Å². The van der Waals surface area contributed by atoms with Crippen molar-refractivity contribution < 1.29 is 0 Å². The van der Waals surface area contributed by atoms with E-state index in [2.05, 4.69) is 9.97 Å². The van der Waals surface area contributed by atoms with Crippen LogP contribution in [0.3, 0.4) is 0 Å². The second kappa shape index (κ2) is 2.72. The molecule has 12 heavy (non-hydrogen) atoms. The van der Waals surface area contributed by atoms with Crippen LogP contribution in [-0.4, -0.2) is 9.97 Å². The summed E-state index contributed by atoms with van der Waals surface area (Å²) < 4.78 is 0. The van der Waals surface area contributed by atoms with Crippen LogP contribution in [0.25, 0.3) is 10.9 Å². The highest BCUT2D eigenvalue weighted by atomic mass is 35.5. The summed E-state index contributed by atoms with van der Waals surface area (Å²) in [4.78, 5) is 8.27. The Balaban J connectivity index is 2.86. The van der Waals surface area contributed by atoms with Crippen molar-refractivity contribution in [1.29, 1.82) is 0 Å². The second-order valence-electron chi connectivity index (χ2n) is 2.62. The van der Waals surface area contributed by atoms with E-state index in [4.69, 9.17) is 11.6 Å². The van der Waals surface area contributed by atoms with Gasteiger partial charge in [-0.2, -0.15) is 0 Å². The fraction of sp³-hybridized carbons (Fsp3) is 0.111. The van der Waals surface area contributed by atoms with Crippen LogP contribution in [0.1, 0.15) is 5.69 Å². The van der Waals surface area contributed by atoms with E-state index in [1.807, 2.05) is 25.1 Å². The van der Waals surface area contributed by atoms with Crippen LogP contribution in [0.4, 0.5) is 0 Å². The quantitative estimate of drug-likeness (QED) is 0.580. The lowest BCUT2D eigenvalue weighted by Crippen LogP contribution is -1.84. The fourth-order valence-corrected chi connectivity index (χ4v) is 1.34. The molecule has 0 unspecified atom stereocenters. The van der Waals surface area contributed by atoms with Crippen LogP contribution < -0.4 is 0 Å². The van der Waals surface area contributed by atoms with Gasteiger partial charge in [0.25, 0.3) is 0 Å². The molecule has 2 rings (SSSR count). The topological polar surface area (TPSA) is 25.8 Å². The van der Waals surface area contributed by atoms with Crippen molar-refractivity contribution >= 4 is 22.5 Å². The molecule has 60 valence electrons. The second-order valence-corrected chi connectivity index (χ2v) is 2.98. The van der Waals surface area contributed by atoms with E-state index in [-0.39, 0.29) is 0 Å². The van der Waals surface area contributed by atoms with Gasteiger partial charge >= 0.3 is 0 Å². The summed E-state index contributed by atoms with van der Waals surface area (Å²) in [6, 6.07) is 5.72. The van der Waals surface area contributed by atoms with Gasteiger partial charge in [0.2, 0.25) is 0 Å². The lowest BCUT2D eigenvalue weighted by atomic mass is 10.2. The molecule has 2 heterocycles. The van der Waals surface area contributed by atoms with Crippen LogP contribution in [0.2, 0.25) is 5.15 Å². The third kappa shape index (κ3) is 1.14. The molecule has 0 aliphatic heterocycles. The molecule has 0 amide bonds. The van der Waals surface area contributed by atoms with E-state index in [1.54, 1.807) is 6.20 Å². The Hall–Kier alpha value is -1.15. The highest BCUT2D eigenvalue weighted by Gasteiger charge is 1.99. The number of pyridine rings is 2. The van der Waals surface area contributed by atoms with E-state index in [0.717, 1.165) is 16.6 Å². The standard InChI is InChI=1S/C9H7ClN2/c1-6-2-3-7-8(12-6)4-5-11-9(7)10/h2-5H,1H3. The summed E-state index contributed by atoms with van der Waals surface area (Å²) in [7, 11) is 0. The molecule has 2 aromatic heterocycles. The van der Waals surface area contributed by atoms with Crippen molar-refractivity contribution in [2.45, 2.75) is 6.92 Å². The van der Waals surface area contributed by atoms with Crippen LogP contribution >= 0.6 is 11.6 Å². The fourth-order valence-electron chi connectivity index (χ4n) is 1.12. The molecule has 0 aliphatic carbocycles. The van der Waals surface area contributed by atoms with Gasteiger partial charge in [-0.15, -0.1) is 0 Å². The van der Waals surface area contributed by atoms with Crippen LogP contribution in [-0.2, 0) is 0 Å². The summed E-state index contributed by atoms with van der Waals surface area (Å²) in [5.41, 5.74) is 1.89. The monoisotopic (exact) mass is 178 g/mol. The molecule has 2 aromatic rings. The number of hydrogen-bond donors (Lipinski definition) is 0. The predicted octanol–water partition coefficient (Wildman–Crippen LogP) is 2.59. The summed E-state index contributed by atoms with van der Waals surface area (Å²) in [6.07, 6.45) is 1.66. The summed E-state index contributed by atoms with van der Waals surface area (Å²) in [6.45, 7) is 1.95. The SMILES string of the molecule is Cc1ccc2c(Cl)nccc2n1.